The molecule has 2 nitrogen and oxygen atoms in total. The van der Waals surface area contributed by atoms with Crippen molar-refractivity contribution in [3.63, 3.8) is 0 Å². The molecule has 0 spiro atoms. The monoisotopic (exact) mass is 294 g/mol. The lowest BCUT2D eigenvalue weighted by molar-refractivity contribution is 0.0792. The van der Waals surface area contributed by atoms with E-state index in [2.05, 4.69) is 37.9 Å². The molecule has 1 aliphatic carbocycles. The Bertz CT molecular complexity index is 283. The van der Waals surface area contributed by atoms with Gasteiger partial charge in [0, 0.05) is 25.2 Å². The molecule has 2 rings (SSSR count). The zero-order valence-electron chi connectivity index (χ0n) is 14.9. The number of nitrogens with one attached hydrogen (secondary N) is 1. The third kappa shape index (κ3) is 4.96. The first-order valence-electron chi connectivity index (χ1n) is 9.59. The van der Waals surface area contributed by atoms with Gasteiger partial charge < -0.3 is 5.32 Å². The van der Waals surface area contributed by atoms with E-state index >= 15 is 0 Å². The minimum absolute atomic E-state index is 0.705. The largest absolute Gasteiger partial charge is 0.311 e. The first-order chi connectivity index (χ1) is 10.1. The van der Waals surface area contributed by atoms with Gasteiger partial charge in [-0.25, -0.2) is 0 Å². The Kier molecular flexibility index (Phi) is 7.01. The predicted molar refractivity (Wildman–Crippen MR) is 92.6 cm³/mol. The van der Waals surface area contributed by atoms with Crippen molar-refractivity contribution in [3.8, 4) is 0 Å². The van der Waals surface area contributed by atoms with Crippen LogP contribution in [0.4, 0.5) is 0 Å². The average Bonchev–Trinajstić information content (AvgIpc) is 2.99. The van der Waals surface area contributed by atoms with Gasteiger partial charge in [0.2, 0.25) is 0 Å². The highest BCUT2D eigenvalue weighted by molar-refractivity contribution is 4.89. The third-order valence-electron chi connectivity index (χ3n) is 6.12. The number of hydrogen-bond donors (Lipinski definition) is 1. The van der Waals surface area contributed by atoms with Crippen LogP contribution in [0.1, 0.15) is 72.6 Å². The number of piperazine rings is 1. The molecule has 0 aromatic heterocycles. The molecular weight excluding hydrogens is 256 g/mol. The van der Waals surface area contributed by atoms with Gasteiger partial charge in [-0.15, -0.1) is 0 Å². The van der Waals surface area contributed by atoms with Crippen LogP contribution in [0.5, 0.6) is 0 Å². The fraction of sp³-hybridized carbons (Fsp3) is 1.00. The Balaban J connectivity index is 1.81. The van der Waals surface area contributed by atoms with Crippen molar-refractivity contribution in [2.75, 3.05) is 19.6 Å². The van der Waals surface area contributed by atoms with E-state index in [0.29, 0.717) is 6.04 Å². The van der Waals surface area contributed by atoms with Crippen LogP contribution in [0.2, 0.25) is 0 Å². The van der Waals surface area contributed by atoms with E-state index in [1.165, 1.54) is 64.6 Å². The average molecular weight is 295 g/mol. The Labute approximate surface area is 133 Å². The summed E-state index contributed by atoms with van der Waals surface area (Å²) < 4.78 is 0. The number of hydrogen-bond acceptors (Lipinski definition) is 2. The van der Waals surface area contributed by atoms with Crippen molar-refractivity contribution in [3.05, 3.63) is 0 Å². The van der Waals surface area contributed by atoms with Crippen LogP contribution >= 0.6 is 0 Å². The predicted octanol–water partition coefficient (Wildman–Crippen LogP) is 4.30. The molecular formula is C19H38N2. The topological polar surface area (TPSA) is 15.3 Å². The Morgan fingerprint density at radius 3 is 2.48 bits per heavy atom. The van der Waals surface area contributed by atoms with E-state index in [-0.39, 0.29) is 0 Å². The number of nitrogens with zero attached hydrogens (tertiary/aromatic N) is 1. The lowest BCUT2D eigenvalue weighted by Gasteiger charge is -2.44. The third-order valence-corrected chi connectivity index (χ3v) is 6.12. The SMILES string of the molecule is CCC(C)C1CN(CCCC2CCCC2)C(C(C)C)CN1. The Morgan fingerprint density at radius 2 is 1.86 bits per heavy atom. The minimum atomic E-state index is 0.705. The lowest BCUT2D eigenvalue weighted by atomic mass is 9.91. The van der Waals surface area contributed by atoms with Crippen LogP contribution < -0.4 is 5.32 Å². The summed E-state index contributed by atoms with van der Waals surface area (Å²) in [5.41, 5.74) is 0. The normalized spacial score (nSPS) is 30.1. The zero-order chi connectivity index (χ0) is 15.2. The first kappa shape index (κ1) is 17.3. The second kappa shape index (κ2) is 8.53. The van der Waals surface area contributed by atoms with Crippen LogP contribution in [0.3, 0.4) is 0 Å². The minimum Gasteiger partial charge on any atom is -0.311 e. The van der Waals surface area contributed by atoms with Crippen LogP contribution in [-0.2, 0) is 0 Å². The molecule has 0 amide bonds. The summed E-state index contributed by atoms with van der Waals surface area (Å²) in [7, 11) is 0. The molecule has 1 saturated carbocycles. The molecule has 2 fully saturated rings. The molecule has 1 N–H and O–H groups in total. The summed E-state index contributed by atoms with van der Waals surface area (Å²) in [6, 6.07) is 1.45. The quantitative estimate of drug-likeness (QED) is 0.753. The van der Waals surface area contributed by atoms with Crippen molar-refractivity contribution >= 4 is 0 Å². The molecule has 2 heteroatoms. The van der Waals surface area contributed by atoms with Gasteiger partial charge in [0.1, 0.15) is 0 Å². The van der Waals surface area contributed by atoms with Crippen molar-refractivity contribution in [1.82, 2.24) is 10.2 Å². The van der Waals surface area contributed by atoms with Gasteiger partial charge >= 0.3 is 0 Å². The van der Waals surface area contributed by atoms with Crippen LogP contribution in [0, 0.1) is 17.8 Å². The van der Waals surface area contributed by atoms with Crippen molar-refractivity contribution in [2.24, 2.45) is 17.8 Å². The maximum absolute atomic E-state index is 3.82. The molecule has 1 heterocycles. The molecule has 124 valence electrons. The molecule has 0 aromatic carbocycles. The van der Waals surface area contributed by atoms with Crippen LogP contribution in [0.15, 0.2) is 0 Å². The Hall–Kier alpha value is -0.0800. The highest BCUT2D eigenvalue weighted by Gasteiger charge is 2.31. The molecule has 3 atom stereocenters. The van der Waals surface area contributed by atoms with Gasteiger partial charge in [0.15, 0.2) is 0 Å². The molecule has 0 bridgehead atoms. The summed E-state index contributed by atoms with van der Waals surface area (Å²) in [6.07, 6.45) is 10.2. The van der Waals surface area contributed by atoms with Gasteiger partial charge in [0.25, 0.3) is 0 Å². The molecule has 0 radical (unpaired) electrons. The molecule has 3 unspecified atom stereocenters. The second-order valence-corrected chi connectivity index (χ2v) is 8.00. The second-order valence-electron chi connectivity index (χ2n) is 8.00. The molecule has 2 aliphatic rings. The molecule has 0 aromatic rings. The van der Waals surface area contributed by atoms with Gasteiger partial charge in [-0.05, 0) is 37.1 Å². The summed E-state index contributed by atoms with van der Waals surface area (Å²) in [5.74, 6) is 2.62. The van der Waals surface area contributed by atoms with Crippen molar-refractivity contribution in [2.45, 2.75) is 84.7 Å². The maximum atomic E-state index is 3.82. The van der Waals surface area contributed by atoms with E-state index in [1.807, 2.05) is 0 Å². The molecule has 1 aliphatic heterocycles. The summed E-state index contributed by atoms with van der Waals surface area (Å²) in [4.78, 5) is 2.81. The van der Waals surface area contributed by atoms with E-state index in [4.69, 9.17) is 0 Å². The summed E-state index contributed by atoms with van der Waals surface area (Å²) in [6.45, 7) is 13.3. The highest BCUT2D eigenvalue weighted by Crippen LogP contribution is 2.29. The highest BCUT2D eigenvalue weighted by atomic mass is 15.2. The smallest absolute Gasteiger partial charge is 0.0244 e. The van der Waals surface area contributed by atoms with E-state index in [0.717, 1.165) is 23.8 Å². The van der Waals surface area contributed by atoms with Gasteiger partial charge in [-0.3, -0.25) is 4.90 Å². The van der Waals surface area contributed by atoms with E-state index in [1.54, 1.807) is 0 Å². The number of rotatable bonds is 7. The van der Waals surface area contributed by atoms with Gasteiger partial charge in [-0.1, -0.05) is 59.8 Å². The van der Waals surface area contributed by atoms with Crippen molar-refractivity contribution < 1.29 is 0 Å². The fourth-order valence-corrected chi connectivity index (χ4v) is 4.32. The van der Waals surface area contributed by atoms with Crippen LogP contribution in [-0.4, -0.2) is 36.6 Å². The molecule has 1 saturated heterocycles. The molecule has 21 heavy (non-hydrogen) atoms. The standard InChI is InChI=1S/C19H38N2/c1-5-16(4)18-14-21(19(13-20-18)15(2)3)12-8-11-17-9-6-7-10-17/h15-20H,5-14H2,1-4H3. The zero-order valence-corrected chi connectivity index (χ0v) is 14.9. The van der Waals surface area contributed by atoms with E-state index < -0.39 is 0 Å². The van der Waals surface area contributed by atoms with Crippen molar-refractivity contribution in [1.29, 1.82) is 0 Å². The Morgan fingerprint density at radius 1 is 1.14 bits per heavy atom. The van der Waals surface area contributed by atoms with Gasteiger partial charge in [-0.2, -0.15) is 0 Å². The first-order valence-corrected chi connectivity index (χ1v) is 9.59. The lowest BCUT2D eigenvalue weighted by Crippen LogP contribution is -2.60. The maximum Gasteiger partial charge on any atom is 0.0244 e. The summed E-state index contributed by atoms with van der Waals surface area (Å²) >= 11 is 0. The van der Waals surface area contributed by atoms with E-state index in [9.17, 15) is 0 Å². The fourth-order valence-electron chi connectivity index (χ4n) is 4.32. The summed E-state index contributed by atoms with van der Waals surface area (Å²) in [5, 5.41) is 3.82. The van der Waals surface area contributed by atoms with Gasteiger partial charge in [0.05, 0.1) is 0 Å². The van der Waals surface area contributed by atoms with Crippen LogP contribution in [0.25, 0.3) is 0 Å².